The van der Waals surface area contributed by atoms with Crippen molar-refractivity contribution in [3.05, 3.63) is 38.7 Å². The Hall–Kier alpha value is -2.44. The van der Waals surface area contributed by atoms with Crippen LogP contribution in [0.2, 0.25) is 0 Å². The third-order valence-corrected chi connectivity index (χ3v) is 5.45. The quantitative estimate of drug-likeness (QED) is 0.855. The number of hydrogen-bond donors (Lipinski definition) is 1. The van der Waals surface area contributed by atoms with Crippen LogP contribution >= 0.6 is 0 Å². The van der Waals surface area contributed by atoms with E-state index >= 15 is 0 Å². The molecule has 0 radical (unpaired) electrons. The minimum atomic E-state index is -0.533. The molecule has 2 aliphatic carbocycles. The summed E-state index contributed by atoms with van der Waals surface area (Å²) in [5.41, 5.74) is -0.465. The summed E-state index contributed by atoms with van der Waals surface area (Å²) in [5, 5.41) is 0.232. The lowest BCUT2D eigenvalue weighted by Gasteiger charge is -2.21. The Labute approximate surface area is 144 Å². The molecule has 2 aliphatic rings. The molecule has 25 heavy (non-hydrogen) atoms. The van der Waals surface area contributed by atoms with Gasteiger partial charge in [-0.05, 0) is 50.0 Å². The number of nitrogens with zero attached hydrogens (tertiary/aromatic N) is 2. The van der Waals surface area contributed by atoms with E-state index in [-0.39, 0.29) is 17.1 Å². The lowest BCUT2D eigenvalue weighted by molar-refractivity contribution is 0.0158. The third kappa shape index (κ3) is 2.77. The monoisotopic (exact) mass is 343 g/mol. The summed E-state index contributed by atoms with van der Waals surface area (Å²) in [4.78, 5) is 43.0. The molecule has 2 aromatic heterocycles. The number of nitrogens with one attached hydrogen (secondary N) is 1. The maximum Gasteiger partial charge on any atom is 0.340 e. The number of carbonyl (C=O) groups is 1. The van der Waals surface area contributed by atoms with Crippen LogP contribution in [0.1, 0.15) is 49.4 Å². The van der Waals surface area contributed by atoms with Crippen LogP contribution in [0.5, 0.6) is 0 Å². The van der Waals surface area contributed by atoms with Crippen LogP contribution in [-0.2, 0) is 11.3 Å². The van der Waals surface area contributed by atoms with Crippen LogP contribution in [0.25, 0.3) is 11.0 Å². The number of H-pyrrole nitrogens is 1. The molecule has 0 amide bonds. The summed E-state index contributed by atoms with van der Waals surface area (Å²) in [6.07, 6.45) is 6.56. The largest absolute Gasteiger partial charge is 0.458 e. The second-order valence-corrected chi connectivity index (χ2v) is 7.12. The molecular formula is C18H21N3O4. The van der Waals surface area contributed by atoms with Gasteiger partial charge < -0.3 is 4.74 Å². The lowest BCUT2D eigenvalue weighted by Crippen LogP contribution is -2.31. The van der Waals surface area contributed by atoms with Crippen LogP contribution in [0.4, 0.5) is 0 Å². The van der Waals surface area contributed by atoms with E-state index in [1.54, 1.807) is 0 Å². The number of hydrogen-bond acceptors (Lipinski definition) is 5. The zero-order chi connectivity index (χ0) is 17.6. The number of esters is 1. The first-order valence-corrected chi connectivity index (χ1v) is 8.90. The Kier molecular flexibility index (Phi) is 3.94. The van der Waals surface area contributed by atoms with Gasteiger partial charge in [-0.25, -0.2) is 14.6 Å². The van der Waals surface area contributed by atoms with Gasteiger partial charge in [0.15, 0.2) is 0 Å². The van der Waals surface area contributed by atoms with Crippen molar-refractivity contribution in [3.8, 4) is 0 Å². The van der Waals surface area contributed by atoms with Crippen LogP contribution in [0.15, 0.2) is 21.9 Å². The average molecular weight is 343 g/mol. The Morgan fingerprint density at radius 1 is 1.36 bits per heavy atom. The first kappa shape index (κ1) is 16.1. The molecule has 0 spiro atoms. The fourth-order valence-corrected chi connectivity index (χ4v) is 4.25. The van der Waals surface area contributed by atoms with Gasteiger partial charge in [-0.3, -0.25) is 14.3 Å². The highest BCUT2D eigenvalue weighted by Crippen LogP contribution is 2.46. The van der Waals surface area contributed by atoms with E-state index in [4.69, 9.17) is 4.74 Å². The Morgan fingerprint density at radius 3 is 2.88 bits per heavy atom. The second kappa shape index (κ2) is 6.13. The van der Waals surface area contributed by atoms with E-state index < -0.39 is 17.2 Å². The van der Waals surface area contributed by atoms with Gasteiger partial charge in [0.1, 0.15) is 11.8 Å². The van der Waals surface area contributed by atoms with Crippen molar-refractivity contribution in [1.29, 1.82) is 0 Å². The summed E-state index contributed by atoms with van der Waals surface area (Å²) in [6.45, 7) is 2.39. The molecule has 2 aromatic rings. The van der Waals surface area contributed by atoms with Crippen molar-refractivity contribution in [2.24, 2.45) is 11.8 Å². The zero-order valence-electron chi connectivity index (χ0n) is 14.2. The Balaban J connectivity index is 1.65. The first-order valence-electron chi connectivity index (χ1n) is 8.90. The maximum atomic E-state index is 12.5. The molecule has 132 valence electrons. The van der Waals surface area contributed by atoms with Crippen LogP contribution in [0, 0.1) is 11.8 Å². The van der Waals surface area contributed by atoms with E-state index in [9.17, 15) is 14.4 Å². The van der Waals surface area contributed by atoms with E-state index in [1.165, 1.54) is 23.3 Å². The molecule has 0 aliphatic heterocycles. The molecule has 3 atom stereocenters. The fraction of sp³-hybridized carbons (Fsp3) is 0.556. The summed E-state index contributed by atoms with van der Waals surface area (Å²) < 4.78 is 7.08. The van der Waals surface area contributed by atoms with E-state index in [2.05, 4.69) is 9.97 Å². The lowest BCUT2D eigenvalue weighted by atomic mass is 9.98. The molecule has 2 bridgehead atoms. The molecule has 4 rings (SSSR count). The molecule has 2 fully saturated rings. The predicted octanol–water partition coefficient (Wildman–Crippen LogP) is 1.84. The predicted molar refractivity (Wildman–Crippen MR) is 91.6 cm³/mol. The van der Waals surface area contributed by atoms with Crippen LogP contribution in [-0.4, -0.2) is 26.6 Å². The molecule has 7 heteroatoms. The van der Waals surface area contributed by atoms with Crippen LogP contribution < -0.4 is 11.2 Å². The summed E-state index contributed by atoms with van der Waals surface area (Å²) >= 11 is 0. The summed E-state index contributed by atoms with van der Waals surface area (Å²) in [7, 11) is 0. The molecule has 7 nitrogen and oxygen atoms in total. The SMILES string of the molecule is CCCn1c(=O)[nH]c(=O)c2cc(C(=O)OC3CC4CCC3C4)cnc21. The van der Waals surface area contributed by atoms with Crippen molar-refractivity contribution in [1.82, 2.24) is 14.5 Å². The van der Waals surface area contributed by atoms with Gasteiger partial charge in [-0.1, -0.05) is 6.92 Å². The van der Waals surface area contributed by atoms with Crippen molar-refractivity contribution >= 4 is 17.0 Å². The highest BCUT2D eigenvalue weighted by molar-refractivity contribution is 5.92. The molecule has 0 saturated heterocycles. The van der Waals surface area contributed by atoms with Crippen molar-refractivity contribution in [2.75, 3.05) is 0 Å². The van der Waals surface area contributed by atoms with Crippen molar-refractivity contribution < 1.29 is 9.53 Å². The smallest absolute Gasteiger partial charge is 0.340 e. The topological polar surface area (TPSA) is 94.1 Å². The highest BCUT2D eigenvalue weighted by Gasteiger charge is 2.41. The van der Waals surface area contributed by atoms with Gasteiger partial charge in [-0.15, -0.1) is 0 Å². The van der Waals surface area contributed by atoms with Crippen molar-refractivity contribution in [3.63, 3.8) is 0 Å². The number of aryl methyl sites for hydroxylation is 1. The molecule has 3 unspecified atom stereocenters. The average Bonchev–Trinajstić information content (AvgIpc) is 3.21. The number of ether oxygens (including phenoxy) is 1. The highest BCUT2D eigenvalue weighted by atomic mass is 16.5. The number of pyridine rings is 1. The molecular weight excluding hydrogens is 322 g/mol. The summed E-state index contributed by atoms with van der Waals surface area (Å²) in [5.74, 6) is 0.712. The second-order valence-electron chi connectivity index (χ2n) is 7.12. The van der Waals surface area contributed by atoms with Gasteiger partial charge in [0.2, 0.25) is 0 Å². The minimum Gasteiger partial charge on any atom is -0.458 e. The number of fused-ring (bicyclic) bond motifs is 3. The normalized spacial score (nSPS) is 24.8. The fourth-order valence-electron chi connectivity index (χ4n) is 4.25. The number of rotatable bonds is 4. The number of carbonyl (C=O) groups excluding carboxylic acids is 1. The van der Waals surface area contributed by atoms with Crippen LogP contribution in [0.3, 0.4) is 0 Å². The molecule has 1 N–H and O–H groups in total. The Bertz CT molecular complexity index is 945. The Morgan fingerprint density at radius 2 is 2.20 bits per heavy atom. The zero-order valence-corrected chi connectivity index (χ0v) is 14.2. The molecule has 2 heterocycles. The van der Waals surface area contributed by atoms with E-state index in [0.29, 0.717) is 24.0 Å². The van der Waals surface area contributed by atoms with E-state index in [0.717, 1.165) is 25.7 Å². The molecule has 0 aromatic carbocycles. The minimum absolute atomic E-state index is 0.0192. The molecule has 2 saturated carbocycles. The third-order valence-electron chi connectivity index (χ3n) is 5.45. The standard InChI is InChI=1S/C18H21N3O4/c1-2-5-21-15-13(16(22)20-18(21)24)8-12(9-19-15)17(23)25-14-7-10-3-4-11(14)6-10/h8-11,14H,2-7H2,1H3,(H,20,22,24). The van der Waals surface area contributed by atoms with Crippen molar-refractivity contribution in [2.45, 2.75) is 51.7 Å². The summed E-state index contributed by atoms with van der Waals surface area (Å²) in [6, 6.07) is 1.47. The van der Waals surface area contributed by atoms with Gasteiger partial charge >= 0.3 is 11.7 Å². The number of aromatic amines is 1. The maximum absolute atomic E-state index is 12.5. The van der Waals surface area contributed by atoms with Gasteiger partial charge in [0, 0.05) is 12.7 Å². The number of aromatic nitrogens is 3. The van der Waals surface area contributed by atoms with Gasteiger partial charge in [0.05, 0.1) is 10.9 Å². The first-order chi connectivity index (χ1) is 12.1. The van der Waals surface area contributed by atoms with E-state index in [1.807, 2.05) is 6.92 Å². The van der Waals surface area contributed by atoms with Gasteiger partial charge in [0.25, 0.3) is 5.56 Å². The van der Waals surface area contributed by atoms with Gasteiger partial charge in [-0.2, -0.15) is 0 Å².